The van der Waals surface area contributed by atoms with Crippen LogP contribution in [0.25, 0.3) is 83.9 Å². The van der Waals surface area contributed by atoms with E-state index >= 15 is 0 Å². The lowest BCUT2D eigenvalue weighted by molar-refractivity contribution is 0.446. The van der Waals surface area contributed by atoms with Crippen LogP contribution in [0.1, 0.15) is 79.0 Å². The summed E-state index contributed by atoms with van der Waals surface area (Å²) in [5.41, 5.74) is 17.4. The van der Waals surface area contributed by atoms with Gasteiger partial charge in [-0.05, 0) is 102 Å². The molecule has 1 aliphatic heterocycles. The van der Waals surface area contributed by atoms with E-state index in [2.05, 4.69) is 238 Å². The van der Waals surface area contributed by atoms with Crippen LogP contribution in [0.15, 0.2) is 164 Å². The van der Waals surface area contributed by atoms with E-state index in [0.29, 0.717) is 11.4 Å². The topological polar surface area (TPSA) is 50.9 Å². The molecule has 0 saturated carbocycles. The van der Waals surface area contributed by atoms with Crippen molar-refractivity contribution in [2.45, 2.75) is 91.7 Å². The molecule has 5 heteroatoms. The van der Waals surface area contributed by atoms with Crippen molar-refractivity contribution in [3.05, 3.63) is 181 Å². The number of rotatable bonds is 5. The normalized spacial score (nSPS) is 13.5. The summed E-state index contributed by atoms with van der Waals surface area (Å²) in [6, 6.07) is 57.4. The molecular weight excluding hydrogens is 831 g/mol. The lowest BCUT2D eigenvalue weighted by atomic mass is 9.79. The number of hydrogen-bond acceptors (Lipinski definition) is 3. The Bertz CT molecular complexity index is 3390. The van der Waals surface area contributed by atoms with E-state index in [4.69, 9.17) is 9.97 Å². The molecule has 0 spiro atoms. The predicted octanol–water partition coefficient (Wildman–Crippen LogP) is 15.2. The quantitative estimate of drug-likeness (QED) is 0.175. The fourth-order valence-corrected chi connectivity index (χ4v) is 13.4. The zero-order chi connectivity index (χ0) is 47.2. The fraction of sp³-hybridized carbons (Fsp3) is 0.226. The first-order chi connectivity index (χ1) is 31.8. The van der Waals surface area contributed by atoms with Gasteiger partial charge < -0.3 is 5.11 Å². The summed E-state index contributed by atoms with van der Waals surface area (Å²) in [5.74, 6) is 0.959. The molecule has 0 unspecified atom stereocenters. The third-order valence-corrected chi connectivity index (χ3v) is 17.6. The Kier molecular flexibility index (Phi) is 10.5. The van der Waals surface area contributed by atoms with Crippen LogP contribution in [0.5, 0.6) is 5.75 Å². The Balaban J connectivity index is 1.29. The minimum absolute atomic E-state index is 0.175. The summed E-state index contributed by atoms with van der Waals surface area (Å²) < 4.78 is 2.28. The van der Waals surface area contributed by atoms with Crippen LogP contribution in [0.2, 0.25) is 13.1 Å². The molecule has 9 aromatic rings. The molecule has 0 amide bonds. The van der Waals surface area contributed by atoms with Crippen LogP contribution >= 0.6 is 0 Å². The van der Waals surface area contributed by atoms with E-state index in [1.807, 2.05) is 6.20 Å². The first-order valence-corrected chi connectivity index (χ1v) is 26.7. The molecule has 10 rings (SSSR count). The molecule has 1 N–H and O–H groups in total. The van der Waals surface area contributed by atoms with Gasteiger partial charge in [-0.25, -0.2) is 4.98 Å². The highest BCUT2D eigenvalue weighted by Crippen LogP contribution is 2.47. The van der Waals surface area contributed by atoms with E-state index in [0.717, 1.165) is 61.4 Å². The minimum Gasteiger partial charge on any atom is -0.507 e. The van der Waals surface area contributed by atoms with E-state index in [-0.39, 0.29) is 22.0 Å². The van der Waals surface area contributed by atoms with Crippen molar-refractivity contribution in [3.8, 4) is 78.6 Å². The number of hydrogen-bond donors (Lipinski definition) is 1. The zero-order valence-corrected chi connectivity index (χ0v) is 41.9. The summed E-state index contributed by atoms with van der Waals surface area (Å²) in [6.07, 6.45) is 2.00. The Hall–Kier alpha value is -6.82. The van der Waals surface area contributed by atoms with Crippen LogP contribution in [0, 0.1) is 0 Å². The zero-order valence-electron chi connectivity index (χ0n) is 40.9. The monoisotopic (exact) mass is 891 g/mol. The van der Waals surface area contributed by atoms with Crippen LogP contribution in [-0.4, -0.2) is 27.7 Å². The van der Waals surface area contributed by atoms with Crippen molar-refractivity contribution in [1.29, 1.82) is 0 Å². The molecule has 67 heavy (non-hydrogen) atoms. The molecule has 0 aliphatic carbocycles. The predicted molar refractivity (Wildman–Crippen MR) is 286 cm³/mol. The van der Waals surface area contributed by atoms with Crippen molar-refractivity contribution in [3.63, 3.8) is 0 Å². The van der Waals surface area contributed by atoms with Gasteiger partial charge in [-0.15, -0.1) is 0 Å². The van der Waals surface area contributed by atoms with Gasteiger partial charge in [0.25, 0.3) is 0 Å². The van der Waals surface area contributed by atoms with Gasteiger partial charge in [0.2, 0.25) is 0 Å². The van der Waals surface area contributed by atoms with Crippen molar-refractivity contribution in [2.75, 3.05) is 0 Å². The number of fused-ring (bicyclic) bond motifs is 6. The molecule has 0 atom stereocenters. The Labute approximate surface area is 398 Å². The highest BCUT2D eigenvalue weighted by molar-refractivity contribution is 7.02. The van der Waals surface area contributed by atoms with Crippen LogP contribution in [-0.2, 0) is 16.2 Å². The average Bonchev–Trinajstić information content (AvgIpc) is 3.66. The molecule has 7 aromatic carbocycles. The maximum Gasteiger partial charge on any atom is 0.149 e. The van der Waals surface area contributed by atoms with E-state index in [1.54, 1.807) is 0 Å². The highest BCUT2D eigenvalue weighted by Gasteiger charge is 2.36. The molecule has 3 heterocycles. The number of phenols is 1. The highest BCUT2D eigenvalue weighted by atomic mass is 28.3. The summed E-state index contributed by atoms with van der Waals surface area (Å²) >= 11 is 0. The van der Waals surface area contributed by atoms with E-state index < -0.39 is 8.07 Å². The Morgan fingerprint density at radius 3 is 1.75 bits per heavy atom. The lowest BCUT2D eigenvalue weighted by Gasteiger charge is -2.27. The molecule has 0 fully saturated rings. The third-order valence-electron chi connectivity index (χ3n) is 14.0. The van der Waals surface area contributed by atoms with Crippen LogP contribution < -0.4 is 10.4 Å². The smallest absolute Gasteiger partial charge is 0.149 e. The number of para-hydroxylation sites is 2. The summed E-state index contributed by atoms with van der Waals surface area (Å²) in [5, 5.41) is 15.4. The number of nitrogens with zero attached hydrogens (tertiary/aromatic N) is 3. The molecule has 0 saturated heterocycles. The van der Waals surface area contributed by atoms with E-state index in [9.17, 15) is 5.11 Å². The molecule has 0 radical (unpaired) electrons. The van der Waals surface area contributed by atoms with Gasteiger partial charge in [-0.2, -0.15) is 0 Å². The number of phenolic OH excluding ortho intramolecular Hbond substituents is 1. The van der Waals surface area contributed by atoms with Gasteiger partial charge in [0.1, 0.15) is 19.6 Å². The van der Waals surface area contributed by atoms with Gasteiger partial charge in [-0.3, -0.25) is 9.55 Å². The van der Waals surface area contributed by atoms with Crippen molar-refractivity contribution < 1.29 is 5.11 Å². The summed E-state index contributed by atoms with van der Waals surface area (Å²) in [6.45, 7) is 25.1. The first kappa shape index (κ1) is 44.0. The second kappa shape index (κ2) is 15.9. The summed E-state index contributed by atoms with van der Waals surface area (Å²) in [7, 11) is -2.11. The maximum atomic E-state index is 12.5. The molecule has 334 valence electrons. The Morgan fingerprint density at radius 2 is 1.06 bits per heavy atom. The van der Waals surface area contributed by atoms with E-state index in [1.165, 1.54) is 38.2 Å². The second-order valence-electron chi connectivity index (χ2n) is 22.1. The minimum atomic E-state index is -2.11. The van der Waals surface area contributed by atoms with Gasteiger partial charge in [0, 0.05) is 34.0 Å². The van der Waals surface area contributed by atoms with Crippen molar-refractivity contribution >= 4 is 29.5 Å². The molecule has 1 aliphatic rings. The Morgan fingerprint density at radius 1 is 0.478 bits per heavy atom. The SMILES string of the molecule is CC(C)(C)c1cc(-c2nccc3c2-c2ccccc2[Si](C)(C)c2ccccc2-3)cc(-c2cccc3c2nc(-c2cc(C(C)(C)C)cc(C(C)(C)C)c2O)n3-c2ccccc2-c2ccccc2)c1. The van der Waals surface area contributed by atoms with Crippen LogP contribution in [0.3, 0.4) is 0 Å². The van der Waals surface area contributed by atoms with Gasteiger partial charge in [0.15, 0.2) is 0 Å². The number of imidazole rings is 1. The first-order valence-electron chi connectivity index (χ1n) is 23.7. The molecule has 4 nitrogen and oxygen atoms in total. The lowest BCUT2D eigenvalue weighted by Crippen LogP contribution is -2.53. The van der Waals surface area contributed by atoms with Crippen molar-refractivity contribution in [1.82, 2.24) is 14.5 Å². The van der Waals surface area contributed by atoms with Crippen LogP contribution in [0.4, 0.5) is 0 Å². The van der Waals surface area contributed by atoms with Crippen molar-refractivity contribution in [2.24, 2.45) is 0 Å². The number of pyridine rings is 1. The average molecular weight is 892 g/mol. The number of benzene rings is 7. The fourth-order valence-electron chi connectivity index (χ4n) is 10.3. The molecular formula is C62H61N3OSi. The summed E-state index contributed by atoms with van der Waals surface area (Å²) in [4.78, 5) is 11.0. The van der Waals surface area contributed by atoms with Gasteiger partial charge in [-0.1, -0.05) is 197 Å². The standard InChI is InChI=1S/C62H61N3OSi/c1-60(2,3)42-35-40(34-41(36-42)56-55-47(32-33-63-56)46-25-16-19-30-53(46)67(10,11)54-31-20-17-26-48(54)55)45-27-21-29-52-57(45)64-59(49-37-43(61(4,5)6)38-50(58(49)66)62(7,8)9)65(52)51-28-18-15-24-44(51)39-22-13-12-14-23-39/h12-38,66H,1-11H3. The number of aromatic nitrogens is 3. The molecule has 0 bridgehead atoms. The second-order valence-corrected chi connectivity index (χ2v) is 26.4. The largest absolute Gasteiger partial charge is 0.507 e. The third kappa shape index (κ3) is 7.54. The number of aromatic hydroxyl groups is 1. The van der Waals surface area contributed by atoms with Gasteiger partial charge in [0.05, 0.1) is 28.0 Å². The van der Waals surface area contributed by atoms with Gasteiger partial charge >= 0.3 is 0 Å². The maximum absolute atomic E-state index is 12.5. The molecule has 2 aromatic heterocycles.